The number of pyridine rings is 1. The monoisotopic (exact) mass is 224 g/mol. The molecule has 0 aliphatic heterocycles. The molecule has 1 heterocycles. The van der Waals surface area contributed by atoms with E-state index in [1.165, 1.54) is 0 Å². The van der Waals surface area contributed by atoms with Gasteiger partial charge >= 0.3 is 0 Å². The Hall–Kier alpha value is -1.27. The van der Waals surface area contributed by atoms with Gasteiger partial charge in [0.2, 0.25) is 0 Å². The average Bonchev–Trinajstić information content (AvgIpc) is 2.18. The average molecular weight is 225 g/mol. The van der Waals surface area contributed by atoms with E-state index in [9.17, 15) is 0 Å². The summed E-state index contributed by atoms with van der Waals surface area (Å²) < 4.78 is 5.43. The molecule has 0 radical (unpaired) electrons. The fourth-order valence-electron chi connectivity index (χ4n) is 0.951. The summed E-state index contributed by atoms with van der Waals surface area (Å²) in [5.74, 6) is 0.635. The van der Waals surface area contributed by atoms with Crippen molar-refractivity contribution in [3.8, 4) is 11.8 Å². The molecule has 0 saturated carbocycles. The number of hydrogen-bond acceptors (Lipinski definition) is 3. The third kappa shape index (κ3) is 4.18. The number of halogens is 1. The Balaban J connectivity index is 2.42. The lowest BCUT2D eigenvalue weighted by atomic mass is 9.92. The van der Waals surface area contributed by atoms with Gasteiger partial charge in [0.25, 0.3) is 0 Å². The van der Waals surface area contributed by atoms with Gasteiger partial charge in [-0.05, 0) is 20.3 Å². The molecule has 0 unspecified atom stereocenters. The summed E-state index contributed by atoms with van der Waals surface area (Å²) in [6.45, 7) is 4.25. The van der Waals surface area contributed by atoms with Crippen LogP contribution < -0.4 is 4.74 Å². The highest BCUT2D eigenvalue weighted by molar-refractivity contribution is 6.30. The van der Waals surface area contributed by atoms with Crippen LogP contribution in [0.25, 0.3) is 0 Å². The van der Waals surface area contributed by atoms with Crippen molar-refractivity contribution >= 4 is 11.6 Å². The quantitative estimate of drug-likeness (QED) is 0.790. The number of ether oxygens (including phenoxy) is 1. The van der Waals surface area contributed by atoms with Crippen LogP contribution in [0.3, 0.4) is 0 Å². The molecule has 0 atom stereocenters. The van der Waals surface area contributed by atoms with Crippen LogP contribution in [0.2, 0.25) is 5.02 Å². The summed E-state index contributed by atoms with van der Waals surface area (Å²) in [6, 6.07) is 3.92. The van der Waals surface area contributed by atoms with E-state index in [0.717, 1.165) is 0 Å². The smallest absolute Gasteiger partial charge is 0.139 e. The van der Waals surface area contributed by atoms with E-state index >= 15 is 0 Å². The van der Waals surface area contributed by atoms with Crippen molar-refractivity contribution in [2.75, 3.05) is 6.61 Å². The van der Waals surface area contributed by atoms with Crippen molar-refractivity contribution < 1.29 is 4.74 Å². The van der Waals surface area contributed by atoms with Gasteiger partial charge in [0.05, 0.1) is 29.3 Å². The largest absolute Gasteiger partial charge is 0.492 e. The third-order valence-electron chi connectivity index (χ3n) is 1.98. The van der Waals surface area contributed by atoms with Gasteiger partial charge in [-0.2, -0.15) is 5.26 Å². The molecule has 3 nitrogen and oxygen atoms in total. The third-order valence-corrected chi connectivity index (χ3v) is 2.18. The minimum Gasteiger partial charge on any atom is -0.492 e. The first-order valence-corrected chi connectivity index (χ1v) is 5.06. The van der Waals surface area contributed by atoms with Gasteiger partial charge in [-0.15, -0.1) is 0 Å². The maximum atomic E-state index is 8.80. The van der Waals surface area contributed by atoms with Crippen molar-refractivity contribution in [3.05, 3.63) is 23.5 Å². The van der Waals surface area contributed by atoms with E-state index in [4.69, 9.17) is 21.6 Å². The lowest BCUT2D eigenvalue weighted by molar-refractivity contribution is 0.263. The van der Waals surface area contributed by atoms with E-state index in [1.54, 1.807) is 18.5 Å². The summed E-state index contributed by atoms with van der Waals surface area (Å²) in [5.41, 5.74) is -0.355. The van der Waals surface area contributed by atoms with Gasteiger partial charge in [-0.1, -0.05) is 11.6 Å². The number of aromatic nitrogens is 1. The molecule has 0 bridgehead atoms. The summed E-state index contributed by atoms with van der Waals surface area (Å²) >= 11 is 5.75. The van der Waals surface area contributed by atoms with Crippen molar-refractivity contribution in [2.45, 2.75) is 20.3 Å². The lowest BCUT2D eigenvalue weighted by Gasteiger charge is -2.14. The maximum absolute atomic E-state index is 8.80. The Kier molecular flexibility index (Phi) is 3.93. The summed E-state index contributed by atoms with van der Waals surface area (Å²) in [6.07, 6.45) is 3.83. The molecule has 0 spiro atoms. The molecule has 4 heteroatoms. The Bertz CT molecular complexity index is 371. The molecule has 15 heavy (non-hydrogen) atoms. The molecule has 0 aliphatic carbocycles. The zero-order chi connectivity index (χ0) is 11.3. The van der Waals surface area contributed by atoms with E-state index in [-0.39, 0.29) is 5.41 Å². The molecule has 0 aromatic carbocycles. The van der Waals surface area contributed by atoms with Crippen LogP contribution in [0.1, 0.15) is 20.3 Å². The van der Waals surface area contributed by atoms with Gasteiger partial charge in [0.15, 0.2) is 0 Å². The molecular weight excluding hydrogens is 212 g/mol. The highest BCUT2D eigenvalue weighted by Gasteiger charge is 2.16. The minimum atomic E-state index is -0.355. The molecule has 1 aromatic heterocycles. The summed E-state index contributed by atoms with van der Waals surface area (Å²) in [7, 11) is 0. The van der Waals surface area contributed by atoms with Crippen LogP contribution in [-0.4, -0.2) is 11.6 Å². The van der Waals surface area contributed by atoms with Gasteiger partial charge in [0, 0.05) is 12.3 Å². The minimum absolute atomic E-state index is 0.355. The standard InChI is InChI=1S/C11H13ClN2O/c1-11(2,8-13)3-4-15-10-5-9(12)6-14-7-10/h5-7H,3-4H2,1-2H3. The lowest BCUT2D eigenvalue weighted by Crippen LogP contribution is -2.13. The van der Waals surface area contributed by atoms with E-state index in [0.29, 0.717) is 23.8 Å². The Morgan fingerprint density at radius 3 is 2.87 bits per heavy atom. The first-order chi connectivity index (χ1) is 7.03. The molecular formula is C11H13ClN2O. The fourth-order valence-corrected chi connectivity index (χ4v) is 1.12. The topological polar surface area (TPSA) is 45.9 Å². The Morgan fingerprint density at radius 2 is 2.27 bits per heavy atom. The second-order valence-electron chi connectivity index (χ2n) is 3.93. The zero-order valence-electron chi connectivity index (χ0n) is 8.83. The van der Waals surface area contributed by atoms with E-state index in [2.05, 4.69) is 11.1 Å². The Morgan fingerprint density at radius 1 is 1.53 bits per heavy atom. The predicted octanol–water partition coefficient (Wildman–Crippen LogP) is 3.05. The molecule has 0 saturated heterocycles. The fraction of sp³-hybridized carbons (Fsp3) is 0.455. The van der Waals surface area contributed by atoms with Gasteiger partial charge < -0.3 is 4.74 Å². The van der Waals surface area contributed by atoms with Crippen LogP contribution in [0.15, 0.2) is 18.5 Å². The number of hydrogen-bond donors (Lipinski definition) is 0. The van der Waals surface area contributed by atoms with Crippen LogP contribution in [-0.2, 0) is 0 Å². The normalized spacial score (nSPS) is 10.8. The van der Waals surface area contributed by atoms with Crippen LogP contribution >= 0.6 is 11.6 Å². The first-order valence-electron chi connectivity index (χ1n) is 4.68. The van der Waals surface area contributed by atoms with E-state index in [1.807, 2.05) is 13.8 Å². The zero-order valence-corrected chi connectivity index (χ0v) is 9.58. The van der Waals surface area contributed by atoms with Gasteiger partial charge in [-0.3, -0.25) is 4.98 Å². The van der Waals surface area contributed by atoms with Gasteiger partial charge in [-0.25, -0.2) is 0 Å². The van der Waals surface area contributed by atoms with Crippen molar-refractivity contribution in [2.24, 2.45) is 5.41 Å². The molecule has 0 amide bonds. The highest BCUT2D eigenvalue weighted by Crippen LogP contribution is 2.20. The molecule has 0 N–H and O–H groups in total. The second-order valence-corrected chi connectivity index (χ2v) is 4.37. The van der Waals surface area contributed by atoms with Gasteiger partial charge in [0.1, 0.15) is 5.75 Å². The number of rotatable bonds is 4. The summed E-state index contributed by atoms with van der Waals surface area (Å²) in [4.78, 5) is 3.90. The summed E-state index contributed by atoms with van der Waals surface area (Å²) in [5, 5.41) is 9.34. The molecule has 0 fully saturated rings. The first kappa shape index (κ1) is 11.8. The molecule has 1 rings (SSSR count). The van der Waals surface area contributed by atoms with Crippen molar-refractivity contribution in [3.63, 3.8) is 0 Å². The maximum Gasteiger partial charge on any atom is 0.139 e. The SMILES string of the molecule is CC(C)(C#N)CCOc1cncc(Cl)c1. The Labute approximate surface area is 94.7 Å². The second kappa shape index (κ2) is 4.99. The van der Waals surface area contributed by atoms with Crippen molar-refractivity contribution in [1.29, 1.82) is 5.26 Å². The van der Waals surface area contributed by atoms with Crippen LogP contribution in [0.5, 0.6) is 5.75 Å². The number of nitrogens with zero attached hydrogens (tertiary/aromatic N) is 2. The predicted molar refractivity (Wildman–Crippen MR) is 58.8 cm³/mol. The van der Waals surface area contributed by atoms with E-state index < -0.39 is 0 Å². The molecule has 0 aliphatic rings. The number of nitriles is 1. The van der Waals surface area contributed by atoms with Crippen LogP contribution in [0.4, 0.5) is 0 Å². The molecule has 80 valence electrons. The molecule has 1 aromatic rings. The van der Waals surface area contributed by atoms with Crippen LogP contribution in [0, 0.1) is 16.7 Å². The highest BCUT2D eigenvalue weighted by atomic mass is 35.5. The van der Waals surface area contributed by atoms with Crippen molar-refractivity contribution in [1.82, 2.24) is 4.98 Å².